The second-order valence-electron chi connectivity index (χ2n) is 5.77. The average Bonchev–Trinajstić information content (AvgIpc) is 2.24. The van der Waals surface area contributed by atoms with Crippen LogP contribution in [-0.2, 0) is 19.1 Å². The summed E-state index contributed by atoms with van der Waals surface area (Å²) in [5.41, 5.74) is 0.698. The van der Waals surface area contributed by atoms with Gasteiger partial charge in [-0.15, -0.1) is 0 Å². The summed E-state index contributed by atoms with van der Waals surface area (Å²) >= 11 is 0. The number of ether oxygens (including phenoxy) is 2. The first kappa shape index (κ1) is 16.7. The van der Waals surface area contributed by atoms with Crippen LogP contribution in [0, 0.1) is 11.3 Å². The number of carbonyl (C=O) groups excluding carboxylic acids is 2. The Balaban J connectivity index is 5.71. The summed E-state index contributed by atoms with van der Waals surface area (Å²) in [4.78, 5) is 23.7. The third-order valence-corrected chi connectivity index (χ3v) is 2.45. The summed E-state index contributed by atoms with van der Waals surface area (Å²) < 4.78 is 9.54. The van der Waals surface area contributed by atoms with E-state index in [4.69, 9.17) is 9.47 Å². The number of hydrogen-bond acceptors (Lipinski definition) is 4. The molecule has 0 atom stereocenters. The maximum absolute atomic E-state index is 11.9. The summed E-state index contributed by atoms with van der Waals surface area (Å²) in [6, 6.07) is 0. The van der Waals surface area contributed by atoms with Gasteiger partial charge in [0.05, 0.1) is 19.8 Å². The van der Waals surface area contributed by atoms with Gasteiger partial charge in [0.15, 0.2) is 0 Å². The van der Waals surface area contributed by atoms with Gasteiger partial charge in [0, 0.05) is 5.57 Å². The molecule has 0 saturated carbocycles. The molecule has 0 unspecified atom stereocenters. The standard InChI is InChI=1S/C14H24O4/c1-9(2)11(13(16)18-7)10(12(15)17-6)8-14(3,4)5/h9H,8H2,1-7H3. The first-order valence-electron chi connectivity index (χ1n) is 6.03. The van der Waals surface area contributed by atoms with Gasteiger partial charge in [0.25, 0.3) is 0 Å². The Kier molecular flexibility index (Phi) is 6.09. The minimum atomic E-state index is -0.463. The molecular weight excluding hydrogens is 232 g/mol. The zero-order valence-electron chi connectivity index (χ0n) is 12.4. The van der Waals surface area contributed by atoms with Crippen molar-refractivity contribution in [3.63, 3.8) is 0 Å². The predicted octanol–water partition coefficient (Wildman–Crippen LogP) is 2.72. The fourth-order valence-electron chi connectivity index (χ4n) is 1.75. The van der Waals surface area contributed by atoms with Crippen molar-refractivity contribution in [2.45, 2.75) is 41.0 Å². The number of methoxy groups -OCH3 is 2. The molecule has 0 aliphatic heterocycles. The maximum atomic E-state index is 11.9. The molecule has 0 N–H and O–H groups in total. The second kappa shape index (κ2) is 6.57. The van der Waals surface area contributed by atoms with Gasteiger partial charge in [-0.25, -0.2) is 9.59 Å². The van der Waals surface area contributed by atoms with Crippen molar-refractivity contribution in [3.8, 4) is 0 Å². The van der Waals surface area contributed by atoms with Crippen LogP contribution in [0.5, 0.6) is 0 Å². The van der Waals surface area contributed by atoms with Crippen LogP contribution in [0.3, 0.4) is 0 Å². The van der Waals surface area contributed by atoms with E-state index in [1.165, 1.54) is 14.2 Å². The van der Waals surface area contributed by atoms with Crippen LogP contribution in [0.25, 0.3) is 0 Å². The Bertz CT molecular complexity index is 345. The van der Waals surface area contributed by atoms with Crippen LogP contribution >= 0.6 is 0 Å². The molecule has 0 aromatic heterocycles. The van der Waals surface area contributed by atoms with E-state index in [2.05, 4.69) is 0 Å². The largest absolute Gasteiger partial charge is 0.466 e. The lowest BCUT2D eigenvalue weighted by atomic mass is 9.83. The highest BCUT2D eigenvalue weighted by Gasteiger charge is 2.28. The van der Waals surface area contributed by atoms with E-state index in [0.29, 0.717) is 17.6 Å². The first-order valence-corrected chi connectivity index (χ1v) is 6.03. The molecule has 4 heteroatoms. The van der Waals surface area contributed by atoms with Gasteiger partial charge in [-0.05, 0) is 17.8 Å². The summed E-state index contributed by atoms with van der Waals surface area (Å²) in [6.45, 7) is 9.73. The number of hydrogen-bond donors (Lipinski definition) is 0. The van der Waals surface area contributed by atoms with Crippen molar-refractivity contribution in [1.29, 1.82) is 0 Å². The quantitative estimate of drug-likeness (QED) is 0.573. The zero-order valence-corrected chi connectivity index (χ0v) is 12.4. The van der Waals surface area contributed by atoms with Crippen molar-refractivity contribution in [2.75, 3.05) is 14.2 Å². The van der Waals surface area contributed by atoms with Gasteiger partial charge in [-0.3, -0.25) is 0 Å². The van der Waals surface area contributed by atoms with E-state index in [1.54, 1.807) is 0 Å². The normalized spacial score (nSPS) is 13.1. The van der Waals surface area contributed by atoms with Gasteiger partial charge < -0.3 is 9.47 Å². The van der Waals surface area contributed by atoms with Crippen LogP contribution < -0.4 is 0 Å². The molecule has 0 saturated heterocycles. The molecule has 0 spiro atoms. The average molecular weight is 256 g/mol. The van der Waals surface area contributed by atoms with Crippen LogP contribution in [0.4, 0.5) is 0 Å². The van der Waals surface area contributed by atoms with Gasteiger partial charge in [-0.2, -0.15) is 0 Å². The van der Waals surface area contributed by atoms with E-state index >= 15 is 0 Å². The van der Waals surface area contributed by atoms with Gasteiger partial charge in [0.2, 0.25) is 0 Å². The number of esters is 2. The third-order valence-electron chi connectivity index (χ3n) is 2.45. The van der Waals surface area contributed by atoms with Crippen LogP contribution in [0.1, 0.15) is 41.0 Å². The van der Waals surface area contributed by atoms with Gasteiger partial charge in [-0.1, -0.05) is 34.6 Å². The monoisotopic (exact) mass is 256 g/mol. The van der Waals surface area contributed by atoms with E-state index in [9.17, 15) is 9.59 Å². The molecule has 0 aromatic rings. The van der Waals surface area contributed by atoms with Crippen LogP contribution in [0.2, 0.25) is 0 Å². The molecule has 0 bridgehead atoms. The molecule has 0 amide bonds. The summed E-state index contributed by atoms with van der Waals surface area (Å²) in [5.74, 6) is -1.01. The van der Waals surface area contributed by atoms with Crippen molar-refractivity contribution in [1.82, 2.24) is 0 Å². The summed E-state index contributed by atoms with van der Waals surface area (Å²) in [6.07, 6.45) is 0.474. The summed E-state index contributed by atoms with van der Waals surface area (Å²) in [7, 11) is 2.64. The molecule has 0 heterocycles. The maximum Gasteiger partial charge on any atom is 0.334 e. The smallest absolute Gasteiger partial charge is 0.334 e. The minimum Gasteiger partial charge on any atom is -0.466 e. The predicted molar refractivity (Wildman–Crippen MR) is 70.0 cm³/mol. The molecule has 0 aliphatic rings. The molecule has 104 valence electrons. The second-order valence-corrected chi connectivity index (χ2v) is 5.77. The minimum absolute atomic E-state index is 0.0890. The van der Waals surface area contributed by atoms with Crippen LogP contribution in [-0.4, -0.2) is 26.2 Å². The number of rotatable bonds is 4. The lowest BCUT2D eigenvalue weighted by molar-refractivity contribution is -0.140. The molecule has 0 radical (unpaired) electrons. The van der Waals surface area contributed by atoms with E-state index in [1.807, 2.05) is 34.6 Å². The molecule has 0 aromatic carbocycles. The Morgan fingerprint density at radius 3 is 1.72 bits per heavy atom. The Morgan fingerprint density at radius 1 is 1.00 bits per heavy atom. The highest BCUT2D eigenvalue weighted by atomic mass is 16.5. The Hall–Kier alpha value is -1.32. The lowest BCUT2D eigenvalue weighted by Gasteiger charge is -2.22. The highest BCUT2D eigenvalue weighted by molar-refractivity contribution is 6.00. The van der Waals surface area contributed by atoms with Crippen LogP contribution in [0.15, 0.2) is 11.1 Å². The van der Waals surface area contributed by atoms with Gasteiger partial charge in [0.1, 0.15) is 0 Å². The Morgan fingerprint density at radius 2 is 1.44 bits per heavy atom. The van der Waals surface area contributed by atoms with Crippen molar-refractivity contribution in [3.05, 3.63) is 11.1 Å². The number of carbonyl (C=O) groups is 2. The fourth-order valence-corrected chi connectivity index (χ4v) is 1.75. The molecule has 0 rings (SSSR count). The topological polar surface area (TPSA) is 52.6 Å². The molecule has 0 aliphatic carbocycles. The van der Waals surface area contributed by atoms with E-state index < -0.39 is 11.9 Å². The van der Waals surface area contributed by atoms with Gasteiger partial charge >= 0.3 is 11.9 Å². The lowest BCUT2D eigenvalue weighted by Crippen LogP contribution is -2.22. The van der Waals surface area contributed by atoms with Crippen molar-refractivity contribution < 1.29 is 19.1 Å². The first-order chi connectivity index (χ1) is 8.14. The molecular formula is C14H24O4. The Labute approximate surface area is 109 Å². The molecule has 0 fully saturated rings. The SMILES string of the molecule is COC(=O)C(CC(C)(C)C)=C(C(=O)OC)C(C)C. The summed E-state index contributed by atoms with van der Waals surface area (Å²) in [5, 5.41) is 0. The van der Waals surface area contributed by atoms with Crippen molar-refractivity contribution >= 4 is 11.9 Å². The molecule has 4 nitrogen and oxygen atoms in total. The van der Waals surface area contributed by atoms with Crippen molar-refractivity contribution in [2.24, 2.45) is 11.3 Å². The third kappa shape index (κ3) is 4.90. The van der Waals surface area contributed by atoms with E-state index in [0.717, 1.165) is 0 Å². The fraction of sp³-hybridized carbons (Fsp3) is 0.714. The molecule has 18 heavy (non-hydrogen) atoms. The zero-order chi connectivity index (χ0) is 14.5. The highest BCUT2D eigenvalue weighted by Crippen LogP contribution is 2.29. The van der Waals surface area contributed by atoms with E-state index in [-0.39, 0.29) is 11.3 Å².